The van der Waals surface area contributed by atoms with Crippen molar-refractivity contribution in [1.29, 1.82) is 0 Å². The fraction of sp³-hybridized carbons (Fsp3) is 0.316. The number of carbonyl (C=O) groups is 1. The van der Waals surface area contributed by atoms with E-state index in [1.807, 2.05) is 37.4 Å². The van der Waals surface area contributed by atoms with E-state index in [4.69, 9.17) is 28.5 Å². The Kier molecular flexibility index (Phi) is 6.31. The number of halogens is 2. The summed E-state index contributed by atoms with van der Waals surface area (Å²) in [5.74, 6) is -0.516. The van der Waals surface area contributed by atoms with Crippen molar-refractivity contribution in [2.75, 3.05) is 13.6 Å². The number of hydrogen-bond acceptors (Lipinski definition) is 4. The summed E-state index contributed by atoms with van der Waals surface area (Å²) >= 11 is 12.5. The SMILES string of the molecule is CN1CCC[C@H]1[C@@H](c1ccccc1)N(Cl)C(=O)c1ccc(Cl)c(S(N)(=O)=O)c1. The molecule has 3 rings (SSSR count). The van der Waals surface area contributed by atoms with Crippen LogP contribution >= 0.6 is 23.4 Å². The maximum atomic E-state index is 13.1. The number of likely N-dealkylation sites (N-methyl/N-ethyl adjacent to an activating group) is 1. The molecule has 6 nitrogen and oxygen atoms in total. The number of nitrogens with two attached hydrogens (primary N) is 1. The molecule has 0 radical (unpaired) electrons. The standard InChI is InChI=1S/C19H21Cl2N3O3S/c1-23-11-5-8-16(23)18(13-6-3-2-4-7-13)24(21)19(25)14-9-10-15(20)17(12-14)28(22,26)27/h2-4,6-7,9-10,12,16,18H,5,8,11H2,1H3,(H2,22,26,27)/t16-,18+/m0/s1. The van der Waals surface area contributed by atoms with Crippen molar-refractivity contribution in [2.45, 2.75) is 29.8 Å². The van der Waals surface area contributed by atoms with Gasteiger partial charge in [0.15, 0.2) is 0 Å². The van der Waals surface area contributed by atoms with Crippen LogP contribution < -0.4 is 5.14 Å². The Bertz CT molecular complexity index is 970. The van der Waals surface area contributed by atoms with Crippen LogP contribution in [-0.2, 0) is 10.0 Å². The highest BCUT2D eigenvalue weighted by Crippen LogP contribution is 2.35. The molecule has 2 aromatic carbocycles. The number of primary sulfonamides is 1. The number of likely N-dealkylation sites (tertiary alicyclic amines) is 1. The smallest absolute Gasteiger partial charge is 0.268 e. The zero-order chi connectivity index (χ0) is 20.5. The van der Waals surface area contributed by atoms with Crippen molar-refractivity contribution in [3.63, 3.8) is 0 Å². The van der Waals surface area contributed by atoms with Crippen LogP contribution in [0.4, 0.5) is 0 Å². The van der Waals surface area contributed by atoms with Gasteiger partial charge in [0.25, 0.3) is 5.91 Å². The quantitative estimate of drug-likeness (QED) is 0.720. The van der Waals surface area contributed by atoms with Crippen LogP contribution in [0.25, 0.3) is 0 Å². The molecule has 0 saturated carbocycles. The first kappa shape index (κ1) is 21.1. The van der Waals surface area contributed by atoms with Gasteiger partial charge in [0.2, 0.25) is 10.0 Å². The molecule has 1 saturated heterocycles. The number of sulfonamides is 1. The molecule has 0 aliphatic carbocycles. The van der Waals surface area contributed by atoms with E-state index >= 15 is 0 Å². The van der Waals surface area contributed by atoms with Crippen LogP contribution in [0.1, 0.15) is 34.8 Å². The lowest BCUT2D eigenvalue weighted by atomic mass is 9.97. The lowest BCUT2D eigenvalue weighted by molar-refractivity contribution is 0.0765. The van der Waals surface area contributed by atoms with Gasteiger partial charge in [-0.15, -0.1) is 0 Å². The first-order valence-electron chi connectivity index (χ1n) is 8.77. The van der Waals surface area contributed by atoms with Crippen molar-refractivity contribution >= 4 is 39.3 Å². The van der Waals surface area contributed by atoms with E-state index in [-0.39, 0.29) is 21.5 Å². The van der Waals surface area contributed by atoms with Crippen LogP contribution in [0.5, 0.6) is 0 Å². The summed E-state index contributed by atoms with van der Waals surface area (Å²) in [6, 6.07) is 13.1. The number of amides is 1. The summed E-state index contributed by atoms with van der Waals surface area (Å²) in [5, 5.41) is 5.15. The third-order valence-corrected chi connectivity index (χ3v) is 6.76. The summed E-state index contributed by atoms with van der Waals surface area (Å²) in [6.45, 7) is 0.920. The van der Waals surface area contributed by atoms with E-state index in [0.717, 1.165) is 35.4 Å². The summed E-state index contributed by atoms with van der Waals surface area (Å²) in [7, 11) is -2.06. The lowest BCUT2D eigenvalue weighted by Gasteiger charge is -2.34. The van der Waals surface area contributed by atoms with Crippen LogP contribution in [-0.4, -0.2) is 43.3 Å². The molecule has 0 bridgehead atoms. The van der Waals surface area contributed by atoms with Crippen molar-refractivity contribution in [3.8, 4) is 0 Å². The van der Waals surface area contributed by atoms with Crippen LogP contribution in [0, 0.1) is 0 Å². The van der Waals surface area contributed by atoms with Gasteiger partial charge in [0.1, 0.15) is 4.90 Å². The van der Waals surface area contributed by atoms with E-state index in [2.05, 4.69) is 4.90 Å². The minimum absolute atomic E-state index is 0.0460. The first-order chi connectivity index (χ1) is 13.2. The largest absolute Gasteiger partial charge is 0.301 e. The molecule has 150 valence electrons. The number of benzene rings is 2. The molecule has 1 amide bonds. The predicted molar refractivity (Wildman–Crippen MR) is 110 cm³/mol. The molecule has 2 N–H and O–H groups in total. The monoisotopic (exact) mass is 441 g/mol. The van der Waals surface area contributed by atoms with E-state index in [0.29, 0.717) is 0 Å². The summed E-state index contributed by atoms with van der Waals surface area (Å²) in [5.41, 5.74) is 1.01. The molecule has 1 fully saturated rings. The summed E-state index contributed by atoms with van der Waals surface area (Å²) < 4.78 is 24.6. The third-order valence-electron chi connectivity index (χ3n) is 5.01. The predicted octanol–water partition coefficient (Wildman–Crippen LogP) is 3.42. The molecule has 2 atom stereocenters. The highest BCUT2D eigenvalue weighted by Gasteiger charge is 2.37. The maximum Gasteiger partial charge on any atom is 0.268 e. The molecule has 2 aromatic rings. The third kappa shape index (κ3) is 4.34. The van der Waals surface area contributed by atoms with Crippen LogP contribution in [0.15, 0.2) is 53.4 Å². The second-order valence-electron chi connectivity index (χ2n) is 6.85. The zero-order valence-electron chi connectivity index (χ0n) is 15.3. The molecule has 1 heterocycles. The van der Waals surface area contributed by atoms with Gasteiger partial charge in [-0.2, -0.15) is 0 Å². The highest BCUT2D eigenvalue weighted by molar-refractivity contribution is 7.89. The topological polar surface area (TPSA) is 83.7 Å². The first-order valence-corrected chi connectivity index (χ1v) is 11.0. The fourth-order valence-corrected chi connectivity index (χ4v) is 5.00. The minimum atomic E-state index is -4.07. The minimum Gasteiger partial charge on any atom is -0.301 e. The van der Waals surface area contributed by atoms with Crippen molar-refractivity contribution in [1.82, 2.24) is 9.32 Å². The molecule has 0 spiro atoms. The molecule has 1 aliphatic heterocycles. The van der Waals surface area contributed by atoms with E-state index in [9.17, 15) is 13.2 Å². The maximum absolute atomic E-state index is 13.1. The molecule has 1 aliphatic rings. The van der Waals surface area contributed by atoms with Crippen LogP contribution in [0.2, 0.25) is 5.02 Å². The van der Waals surface area contributed by atoms with Gasteiger partial charge < -0.3 is 4.90 Å². The van der Waals surface area contributed by atoms with Crippen LogP contribution in [0.3, 0.4) is 0 Å². The van der Waals surface area contributed by atoms with Crippen molar-refractivity contribution in [3.05, 3.63) is 64.7 Å². The Morgan fingerprint density at radius 2 is 1.93 bits per heavy atom. The zero-order valence-corrected chi connectivity index (χ0v) is 17.6. The summed E-state index contributed by atoms with van der Waals surface area (Å²) in [4.78, 5) is 15.0. The number of rotatable bonds is 5. The Labute approximate surface area is 175 Å². The molecular weight excluding hydrogens is 421 g/mol. The molecule has 0 aromatic heterocycles. The van der Waals surface area contributed by atoms with Crippen molar-refractivity contribution in [2.24, 2.45) is 5.14 Å². The average molecular weight is 442 g/mol. The molecular formula is C19H21Cl2N3O3S. The fourth-order valence-electron chi connectivity index (χ4n) is 3.59. The Morgan fingerprint density at radius 3 is 2.50 bits per heavy atom. The molecule has 9 heteroatoms. The van der Waals surface area contributed by atoms with Gasteiger partial charge in [0, 0.05) is 23.4 Å². The van der Waals surface area contributed by atoms with E-state index in [1.165, 1.54) is 12.1 Å². The Balaban J connectivity index is 1.99. The van der Waals surface area contributed by atoms with Gasteiger partial charge >= 0.3 is 0 Å². The second kappa shape index (κ2) is 8.39. The highest BCUT2D eigenvalue weighted by atomic mass is 35.5. The average Bonchev–Trinajstić information content (AvgIpc) is 3.07. The number of hydrogen-bond donors (Lipinski definition) is 1. The van der Waals surface area contributed by atoms with Crippen molar-refractivity contribution < 1.29 is 13.2 Å². The molecule has 0 unspecified atom stereocenters. The Hall–Kier alpha value is -1.64. The normalized spacial score (nSPS) is 18.8. The van der Waals surface area contributed by atoms with Gasteiger partial charge in [-0.25, -0.2) is 18.0 Å². The summed E-state index contributed by atoms with van der Waals surface area (Å²) in [6.07, 6.45) is 1.91. The van der Waals surface area contributed by atoms with Gasteiger partial charge in [-0.3, -0.25) is 4.79 Å². The van der Waals surface area contributed by atoms with Gasteiger partial charge in [-0.05, 0) is 50.2 Å². The van der Waals surface area contributed by atoms with E-state index < -0.39 is 22.0 Å². The Morgan fingerprint density at radius 1 is 1.25 bits per heavy atom. The molecule has 28 heavy (non-hydrogen) atoms. The second-order valence-corrected chi connectivity index (χ2v) is 9.15. The van der Waals surface area contributed by atoms with Gasteiger partial charge in [0.05, 0.1) is 11.1 Å². The number of carbonyl (C=O) groups excluding carboxylic acids is 1. The van der Waals surface area contributed by atoms with Gasteiger partial charge in [-0.1, -0.05) is 41.9 Å². The van der Waals surface area contributed by atoms with E-state index in [1.54, 1.807) is 0 Å². The lowest BCUT2D eigenvalue weighted by Crippen LogP contribution is -2.40. The number of nitrogens with zero attached hydrogens (tertiary/aromatic N) is 2.